The molecule has 0 amide bonds. The fourth-order valence-corrected chi connectivity index (χ4v) is 2.51. The summed E-state index contributed by atoms with van der Waals surface area (Å²) in [7, 11) is 1.83. The first-order valence-electron chi connectivity index (χ1n) is 7.38. The maximum atomic E-state index is 12.7. The molecule has 1 aromatic carbocycles. The second-order valence-corrected chi connectivity index (χ2v) is 5.85. The van der Waals surface area contributed by atoms with E-state index in [4.69, 9.17) is 15.3 Å². The average molecular weight is 326 g/mol. The van der Waals surface area contributed by atoms with Crippen LogP contribution in [0.15, 0.2) is 33.5 Å². The Labute approximate surface area is 137 Å². The summed E-state index contributed by atoms with van der Waals surface area (Å²) < 4.78 is 5.58. The lowest BCUT2D eigenvalue weighted by atomic mass is 9.82. The van der Waals surface area contributed by atoms with Crippen molar-refractivity contribution in [2.45, 2.75) is 18.8 Å². The second-order valence-electron chi connectivity index (χ2n) is 5.85. The highest BCUT2D eigenvalue weighted by Crippen LogP contribution is 2.28. The average Bonchev–Trinajstić information content (AvgIpc) is 2.54. The Morgan fingerprint density at radius 2 is 2.08 bits per heavy atom. The standard InChI is InChI=1S/C16H15BN2O5/c1-16(23,6-17)7-2-3-11-8(4-7)12(20)9-5-10(15(21)22)13(18)19-14(9)24-11/h2-5,23H,6,17H2,1H3,(H2,18,19)(H,21,22). The fourth-order valence-electron chi connectivity index (χ4n) is 2.51. The van der Waals surface area contributed by atoms with Crippen molar-refractivity contribution in [2.75, 3.05) is 5.73 Å². The van der Waals surface area contributed by atoms with Crippen molar-refractivity contribution in [1.29, 1.82) is 0 Å². The number of aromatic nitrogens is 1. The van der Waals surface area contributed by atoms with Gasteiger partial charge in [-0.05, 0) is 37.0 Å². The number of anilines is 1. The van der Waals surface area contributed by atoms with Gasteiger partial charge in [0, 0.05) is 0 Å². The predicted octanol–water partition coefficient (Wildman–Crippen LogP) is 0.880. The lowest BCUT2D eigenvalue weighted by molar-refractivity contribution is 0.0697. The highest BCUT2D eigenvalue weighted by atomic mass is 16.4. The largest absolute Gasteiger partial charge is 0.478 e. The van der Waals surface area contributed by atoms with E-state index in [1.54, 1.807) is 25.1 Å². The highest BCUT2D eigenvalue weighted by Gasteiger charge is 2.22. The van der Waals surface area contributed by atoms with Gasteiger partial charge in [-0.25, -0.2) is 4.79 Å². The summed E-state index contributed by atoms with van der Waals surface area (Å²) in [6.45, 7) is 1.65. The summed E-state index contributed by atoms with van der Waals surface area (Å²) >= 11 is 0. The molecule has 4 N–H and O–H groups in total. The van der Waals surface area contributed by atoms with Crippen molar-refractivity contribution >= 4 is 41.7 Å². The molecular formula is C16H15BN2O5. The van der Waals surface area contributed by atoms with Crippen LogP contribution in [0.5, 0.6) is 0 Å². The molecule has 0 saturated heterocycles. The number of fused-ring (bicyclic) bond motifs is 2. The molecule has 0 aliphatic rings. The van der Waals surface area contributed by atoms with Crippen LogP contribution in [0.25, 0.3) is 22.1 Å². The van der Waals surface area contributed by atoms with Crippen LogP contribution in [-0.4, -0.2) is 29.0 Å². The molecule has 7 nitrogen and oxygen atoms in total. The number of rotatable bonds is 3. The Hall–Kier alpha value is -2.87. The number of nitrogen functional groups attached to an aromatic ring is 1. The Bertz CT molecular complexity index is 1040. The number of aliphatic hydroxyl groups is 1. The van der Waals surface area contributed by atoms with E-state index >= 15 is 0 Å². The summed E-state index contributed by atoms with van der Waals surface area (Å²) in [4.78, 5) is 27.8. The van der Waals surface area contributed by atoms with Crippen molar-refractivity contribution in [1.82, 2.24) is 4.98 Å². The van der Waals surface area contributed by atoms with E-state index in [2.05, 4.69) is 4.98 Å². The minimum Gasteiger partial charge on any atom is -0.478 e. The normalized spacial score (nSPS) is 13.9. The van der Waals surface area contributed by atoms with E-state index in [1.807, 2.05) is 7.85 Å². The first-order chi connectivity index (χ1) is 11.2. The van der Waals surface area contributed by atoms with Crippen LogP contribution >= 0.6 is 0 Å². The molecule has 0 fully saturated rings. The zero-order valence-electron chi connectivity index (χ0n) is 13.2. The molecular weight excluding hydrogens is 311 g/mol. The molecule has 1 unspecified atom stereocenters. The van der Waals surface area contributed by atoms with E-state index < -0.39 is 17.0 Å². The maximum Gasteiger partial charge on any atom is 0.339 e. The van der Waals surface area contributed by atoms with Crippen LogP contribution in [0.4, 0.5) is 5.82 Å². The molecule has 8 heteroatoms. The molecule has 3 rings (SSSR count). The van der Waals surface area contributed by atoms with Gasteiger partial charge in [-0.2, -0.15) is 4.98 Å². The lowest BCUT2D eigenvalue weighted by Crippen LogP contribution is -2.20. The van der Waals surface area contributed by atoms with E-state index in [0.29, 0.717) is 11.9 Å². The SMILES string of the molecule is BCC(C)(O)c1ccc2oc3nc(N)c(C(=O)O)cc3c(=O)c2c1. The number of nitrogens with two attached hydrogens (primary N) is 1. The van der Waals surface area contributed by atoms with E-state index in [0.717, 1.165) is 6.07 Å². The van der Waals surface area contributed by atoms with Gasteiger partial charge in [0.15, 0.2) is 0 Å². The fraction of sp³-hybridized carbons (Fsp3) is 0.188. The molecule has 2 heterocycles. The molecule has 1 atom stereocenters. The quantitative estimate of drug-likeness (QED) is 0.481. The Morgan fingerprint density at radius 1 is 1.38 bits per heavy atom. The monoisotopic (exact) mass is 326 g/mol. The molecule has 0 spiro atoms. The minimum absolute atomic E-state index is 0.0231. The molecule has 2 aromatic heterocycles. The van der Waals surface area contributed by atoms with Gasteiger partial charge < -0.3 is 20.4 Å². The first-order valence-corrected chi connectivity index (χ1v) is 7.38. The molecule has 0 bridgehead atoms. The van der Waals surface area contributed by atoms with Crippen molar-refractivity contribution in [2.24, 2.45) is 0 Å². The molecule has 0 aliphatic carbocycles. The van der Waals surface area contributed by atoms with Crippen LogP contribution in [0.2, 0.25) is 6.32 Å². The number of carboxylic acid groups (broad SMARTS) is 1. The van der Waals surface area contributed by atoms with Gasteiger partial charge in [-0.3, -0.25) is 4.79 Å². The third-order valence-corrected chi connectivity index (χ3v) is 4.23. The Balaban J connectivity index is 2.38. The zero-order valence-corrected chi connectivity index (χ0v) is 13.2. The van der Waals surface area contributed by atoms with E-state index in [1.165, 1.54) is 0 Å². The van der Waals surface area contributed by atoms with Crippen LogP contribution < -0.4 is 11.2 Å². The van der Waals surface area contributed by atoms with E-state index in [-0.39, 0.29) is 33.5 Å². The molecule has 24 heavy (non-hydrogen) atoms. The number of carboxylic acids is 1. The number of benzene rings is 1. The summed E-state index contributed by atoms with van der Waals surface area (Å²) in [6.07, 6.45) is 0.471. The number of hydrogen-bond acceptors (Lipinski definition) is 6. The van der Waals surface area contributed by atoms with Crippen molar-refractivity contribution < 1.29 is 19.4 Å². The Kier molecular flexibility index (Phi) is 3.57. The topological polar surface area (TPSA) is 127 Å². The van der Waals surface area contributed by atoms with Gasteiger partial charge in [-0.15, -0.1) is 0 Å². The Morgan fingerprint density at radius 3 is 2.71 bits per heavy atom. The third-order valence-electron chi connectivity index (χ3n) is 4.23. The number of carbonyl (C=O) groups is 1. The molecule has 0 radical (unpaired) electrons. The van der Waals surface area contributed by atoms with Crippen molar-refractivity contribution in [3.8, 4) is 0 Å². The number of aromatic carboxylic acids is 1. The summed E-state index contributed by atoms with van der Waals surface area (Å²) in [6, 6.07) is 5.98. The molecule has 3 aromatic rings. The lowest BCUT2D eigenvalue weighted by Gasteiger charge is -2.22. The molecule has 122 valence electrons. The number of nitrogens with zero attached hydrogens (tertiary/aromatic N) is 1. The van der Waals surface area contributed by atoms with Gasteiger partial charge in [0.05, 0.1) is 16.4 Å². The van der Waals surface area contributed by atoms with Crippen LogP contribution in [0.1, 0.15) is 22.8 Å². The summed E-state index contributed by atoms with van der Waals surface area (Å²) in [5, 5.41) is 19.8. The molecule has 0 aliphatic heterocycles. The minimum atomic E-state index is -1.27. The van der Waals surface area contributed by atoms with Crippen LogP contribution in [0, 0.1) is 0 Å². The van der Waals surface area contributed by atoms with Crippen molar-refractivity contribution in [3.63, 3.8) is 0 Å². The van der Waals surface area contributed by atoms with E-state index in [9.17, 15) is 14.7 Å². The molecule has 0 saturated carbocycles. The smallest absolute Gasteiger partial charge is 0.339 e. The third kappa shape index (κ3) is 2.41. The van der Waals surface area contributed by atoms with Crippen molar-refractivity contribution in [3.05, 3.63) is 45.6 Å². The first kappa shape index (κ1) is 16.0. The van der Waals surface area contributed by atoms with Crippen LogP contribution in [-0.2, 0) is 5.60 Å². The van der Waals surface area contributed by atoms with Gasteiger partial charge in [0.25, 0.3) is 0 Å². The van der Waals surface area contributed by atoms with Gasteiger partial charge >= 0.3 is 5.97 Å². The predicted molar refractivity (Wildman–Crippen MR) is 92.1 cm³/mol. The van der Waals surface area contributed by atoms with Gasteiger partial charge in [0.1, 0.15) is 24.8 Å². The van der Waals surface area contributed by atoms with Gasteiger partial charge in [0.2, 0.25) is 11.1 Å². The second kappa shape index (κ2) is 5.35. The maximum absolute atomic E-state index is 12.7. The zero-order chi connectivity index (χ0) is 17.6. The number of hydrogen-bond donors (Lipinski definition) is 3. The summed E-state index contributed by atoms with van der Waals surface area (Å²) in [5.41, 5.74) is 4.67. The van der Waals surface area contributed by atoms with Crippen LogP contribution in [0.3, 0.4) is 0 Å². The van der Waals surface area contributed by atoms with Gasteiger partial charge in [-0.1, -0.05) is 6.07 Å². The summed E-state index contributed by atoms with van der Waals surface area (Å²) in [5.74, 6) is -1.49. The highest BCUT2D eigenvalue weighted by molar-refractivity contribution is 6.09. The number of pyridine rings is 1.